The standard InChI is InChI=1S/C14H12Cl2N2O2S/c15-11-3-1-10(2-4-11)7-8-21(19,20)18-12-5-6-14(17)13(16)9-12/h1-9,18H,17H2/b8-7+. The van der Waals surface area contributed by atoms with E-state index in [4.69, 9.17) is 28.9 Å². The zero-order valence-electron chi connectivity index (χ0n) is 10.8. The van der Waals surface area contributed by atoms with E-state index in [0.717, 1.165) is 11.0 Å². The van der Waals surface area contributed by atoms with Crippen molar-refractivity contribution in [1.82, 2.24) is 0 Å². The number of rotatable bonds is 4. The number of nitrogens with one attached hydrogen (secondary N) is 1. The first-order chi connectivity index (χ1) is 9.85. The van der Waals surface area contributed by atoms with Crippen LogP contribution in [0.2, 0.25) is 10.0 Å². The van der Waals surface area contributed by atoms with E-state index in [1.165, 1.54) is 24.3 Å². The lowest BCUT2D eigenvalue weighted by molar-refractivity contribution is 0.609. The van der Waals surface area contributed by atoms with Crippen LogP contribution in [0, 0.1) is 0 Å². The van der Waals surface area contributed by atoms with Gasteiger partial charge in [-0.05, 0) is 42.0 Å². The van der Waals surface area contributed by atoms with E-state index in [1.54, 1.807) is 24.3 Å². The maximum Gasteiger partial charge on any atom is 0.255 e. The molecule has 0 saturated carbocycles. The Kier molecular flexibility index (Phi) is 4.77. The lowest BCUT2D eigenvalue weighted by Gasteiger charge is -2.06. The van der Waals surface area contributed by atoms with Crippen LogP contribution in [0.4, 0.5) is 11.4 Å². The number of sulfonamides is 1. The molecule has 0 unspecified atom stereocenters. The molecule has 2 rings (SSSR count). The molecule has 0 bridgehead atoms. The van der Waals surface area contributed by atoms with Gasteiger partial charge in [0.15, 0.2) is 0 Å². The van der Waals surface area contributed by atoms with Crippen molar-refractivity contribution < 1.29 is 8.42 Å². The molecule has 0 heterocycles. The highest BCUT2D eigenvalue weighted by atomic mass is 35.5. The van der Waals surface area contributed by atoms with E-state index in [2.05, 4.69) is 4.72 Å². The Hall–Kier alpha value is -1.69. The van der Waals surface area contributed by atoms with Crippen LogP contribution in [-0.4, -0.2) is 8.42 Å². The number of hydrogen-bond donors (Lipinski definition) is 2. The first-order valence-corrected chi connectivity index (χ1v) is 8.17. The molecule has 0 aliphatic rings. The van der Waals surface area contributed by atoms with Crippen LogP contribution in [0.1, 0.15) is 5.56 Å². The molecule has 0 amide bonds. The maximum atomic E-state index is 11.9. The number of benzene rings is 2. The molecule has 0 saturated heterocycles. The van der Waals surface area contributed by atoms with Crippen molar-refractivity contribution in [3.63, 3.8) is 0 Å². The fraction of sp³-hybridized carbons (Fsp3) is 0. The normalized spacial score (nSPS) is 11.7. The van der Waals surface area contributed by atoms with Crippen molar-refractivity contribution in [2.45, 2.75) is 0 Å². The third-order valence-corrected chi connectivity index (χ3v) is 4.16. The highest BCUT2D eigenvalue weighted by Crippen LogP contribution is 2.23. The van der Waals surface area contributed by atoms with E-state index in [9.17, 15) is 8.42 Å². The summed E-state index contributed by atoms with van der Waals surface area (Å²) in [6.07, 6.45) is 1.47. The van der Waals surface area contributed by atoms with E-state index in [0.29, 0.717) is 16.4 Å². The minimum absolute atomic E-state index is 0.289. The minimum atomic E-state index is -3.64. The van der Waals surface area contributed by atoms with Gasteiger partial charge in [-0.2, -0.15) is 0 Å². The molecule has 7 heteroatoms. The van der Waals surface area contributed by atoms with Gasteiger partial charge in [0.2, 0.25) is 0 Å². The number of halogens is 2. The molecule has 21 heavy (non-hydrogen) atoms. The molecular formula is C14H12Cl2N2O2S. The maximum absolute atomic E-state index is 11.9. The summed E-state index contributed by atoms with van der Waals surface area (Å²) in [5.74, 6) is 0. The van der Waals surface area contributed by atoms with E-state index >= 15 is 0 Å². The van der Waals surface area contributed by atoms with Crippen LogP contribution >= 0.6 is 23.2 Å². The quantitative estimate of drug-likeness (QED) is 0.825. The van der Waals surface area contributed by atoms with Gasteiger partial charge in [0.05, 0.1) is 21.8 Å². The lowest BCUT2D eigenvalue weighted by atomic mass is 10.2. The molecule has 0 fully saturated rings. The molecule has 3 N–H and O–H groups in total. The monoisotopic (exact) mass is 342 g/mol. The van der Waals surface area contributed by atoms with Crippen molar-refractivity contribution in [1.29, 1.82) is 0 Å². The molecule has 0 atom stereocenters. The molecule has 0 aromatic heterocycles. The highest BCUT2D eigenvalue weighted by Gasteiger charge is 2.07. The van der Waals surface area contributed by atoms with E-state index in [-0.39, 0.29) is 5.02 Å². The molecular weight excluding hydrogens is 331 g/mol. The topological polar surface area (TPSA) is 72.2 Å². The average Bonchev–Trinajstić information content (AvgIpc) is 2.42. The van der Waals surface area contributed by atoms with Crippen LogP contribution in [0.15, 0.2) is 47.9 Å². The number of hydrogen-bond acceptors (Lipinski definition) is 3. The summed E-state index contributed by atoms with van der Waals surface area (Å²) in [6, 6.07) is 11.3. The summed E-state index contributed by atoms with van der Waals surface area (Å²) in [5, 5.41) is 1.95. The molecule has 0 spiro atoms. The second-order valence-corrected chi connectivity index (χ2v) is 6.65. The second kappa shape index (κ2) is 6.39. The first-order valence-electron chi connectivity index (χ1n) is 5.87. The Morgan fingerprint density at radius 3 is 2.33 bits per heavy atom. The Morgan fingerprint density at radius 2 is 1.71 bits per heavy atom. The summed E-state index contributed by atoms with van der Waals surface area (Å²) >= 11 is 11.6. The van der Waals surface area contributed by atoms with E-state index in [1.807, 2.05) is 0 Å². The van der Waals surface area contributed by atoms with Crippen molar-refractivity contribution >= 4 is 50.7 Å². The molecule has 2 aromatic carbocycles. The largest absolute Gasteiger partial charge is 0.398 e. The van der Waals surface area contributed by atoms with Gasteiger partial charge in [0.25, 0.3) is 10.0 Å². The minimum Gasteiger partial charge on any atom is -0.398 e. The summed E-state index contributed by atoms with van der Waals surface area (Å²) in [6.45, 7) is 0. The summed E-state index contributed by atoms with van der Waals surface area (Å²) in [5.41, 5.74) is 7.02. The number of nitrogens with two attached hydrogens (primary N) is 1. The average molecular weight is 343 g/mol. The number of anilines is 2. The van der Waals surface area contributed by atoms with Crippen molar-refractivity contribution in [3.05, 3.63) is 63.5 Å². The van der Waals surface area contributed by atoms with Gasteiger partial charge in [0, 0.05) is 5.02 Å². The van der Waals surface area contributed by atoms with Gasteiger partial charge < -0.3 is 5.73 Å². The SMILES string of the molecule is Nc1ccc(NS(=O)(=O)/C=C/c2ccc(Cl)cc2)cc1Cl. The number of nitrogen functional groups attached to an aromatic ring is 1. The van der Waals surface area contributed by atoms with Gasteiger partial charge in [-0.25, -0.2) is 8.42 Å². The van der Waals surface area contributed by atoms with Gasteiger partial charge >= 0.3 is 0 Å². The third-order valence-electron chi connectivity index (χ3n) is 2.57. The fourth-order valence-electron chi connectivity index (χ4n) is 1.53. The van der Waals surface area contributed by atoms with Crippen LogP contribution in [0.3, 0.4) is 0 Å². The Bertz CT molecular complexity index is 772. The highest BCUT2D eigenvalue weighted by molar-refractivity contribution is 7.95. The van der Waals surface area contributed by atoms with Gasteiger partial charge in [-0.3, -0.25) is 4.72 Å². The first kappa shape index (κ1) is 15.7. The Balaban J connectivity index is 2.14. The van der Waals surface area contributed by atoms with Crippen molar-refractivity contribution in [2.75, 3.05) is 10.5 Å². The molecule has 110 valence electrons. The summed E-state index contributed by atoms with van der Waals surface area (Å²) < 4.78 is 26.3. The molecule has 2 aromatic rings. The van der Waals surface area contributed by atoms with Crippen LogP contribution in [0.25, 0.3) is 6.08 Å². The van der Waals surface area contributed by atoms with Crippen LogP contribution in [0.5, 0.6) is 0 Å². The Labute approximate surface area is 133 Å². The molecule has 0 radical (unpaired) electrons. The predicted octanol–water partition coefficient (Wildman–Crippen LogP) is 3.99. The zero-order chi connectivity index (χ0) is 15.5. The van der Waals surface area contributed by atoms with Crippen molar-refractivity contribution in [2.24, 2.45) is 0 Å². The lowest BCUT2D eigenvalue weighted by Crippen LogP contribution is -2.08. The molecule has 0 aliphatic carbocycles. The zero-order valence-corrected chi connectivity index (χ0v) is 13.1. The van der Waals surface area contributed by atoms with E-state index < -0.39 is 10.0 Å². The molecule has 0 aliphatic heterocycles. The molecule has 4 nitrogen and oxygen atoms in total. The van der Waals surface area contributed by atoms with Gasteiger partial charge in [-0.15, -0.1) is 0 Å². The summed E-state index contributed by atoms with van der Waals surface area (Å²) in [4.78, 5) is 0. The van der Waals surface area contributed by atoms with Crippen molar-refractivity contribution in [3.8, 4) is 0 Å². The third kappa shape index (κ3) is 4.67. The second-order valence-electron chi connectivity index (χ2n) is 4.24. The smallest absolute Gasteiger partial charge is 0.255 e. The van der Waals surface area contributed by atoms with Gasteiger partial charge in [0.1, 0.15) is 0 Å². The predicted molar refractivity (Wildman–Crippen MR) is 88.9 cm³/mol. The fourth-order valence-corrected chi connectivity index (χ4v) is 2.70. The van der Waals surface area contributed by atoms with Gasteiger partial charge in [-0.1, -0.05) is 35.3 Å². The summed E-state index contributed by atoms with van der Waals surface area (Å²) in [7, 11) is -3.64. The van der Waals surface area contributed by atoms with Crippen LogP contribution in [-0.2, 0) is 10.0 Å². The van der Waals surface area contributed by atoms with Crippen LogP contribution < -0.4 is 10.5 Å². The Morgan fingerprint density at radius 1 is 1.05 bits per heavy atom.